The number of carbonyl (C=O) groups is 2. The molecular weight excluding hydrogens is 374 g/mol. The zero-order chi connectivity index (χ0) is 18.3. The summed E-state index contributed by atoms with van der Waals surface area (Å²) in [5, 5.41) is 11.1. The zero-order valence-electron chi connectivity index (χ0n) is 14.4. The highest BCUT2D eigenvalue weighted by Crippen LogP contribution is 2.29. The quantitative estimate of drug-likeness (QED) is 0.513. The van der Waals surface area contributed by atoms with Crippen LogP contribution >= 0.6 is 34.9 Å². The maximum Gasteiger partial charge on any atom is 0.230 e. The highest BCUT2D eigenvalue weighted by atomic mass is 32.2. The van der Waals surface area contributed by atoms with Gasteiger partial charge in [-0.25, -0.2) is 0 Å². The van der Waals surface area contributed by atoms with Crippen molar-refractivity contribution < 1.29 is 9.59 Å². The summed E-state index contributed by atoms with van der Waals surface area (Å²) in [6.07, 6.45) is 0.873. The molecule has 0 saturated heterocycles. The van der Waals surface area contributed by atoms with Crippen LogP contribution in [0, 0.1) is 0 Å². The highest BCUT2D eigenvalue weighted by molar-refractivity contribution is 8.03. The molecule has 0 aliphatic carbocycles. The lowest BCUT2D eigenvalue weighted by molar-refractivity contribution is -0.120. The molecule has 0 bridgehead atoms. The number of aromatic nitrogens is 2. The molecule has 1 aromatic carbocycles. The van der Waals surface area contributed by atoms with Crippen LogP contribution in [0.4, 0.5) is 0 Å². The number of amides is 1. The molecule has 1 aromatic heterocycles. The van der Waals surface area contributed by atoms with Gasteiger partial charge in [-0.3, -0.25) is 9.59 Å². The summed E-state index contributed by atoms with van der Waals surface area (Å²) in [4.78, 5) is 24.0. The third-order valence-corrected chi connectivity index (χ3v) is 6.69. The minimum absolute atomic E-state index is 0.0134. The van der Waals surface area contributed by atoms with Crippen LogP contribution in [0.3, 0.4) is 0 Å². The number of rotatable bonds is 9. The summed E-state index contributed by atoms with van der Waals surface area (Å²) in [5.74, 6) is 0.692. The fourth-order valence-corrected chi connectivity index (χ4v) is 4.49. The van der Waals surface area contributed by atoms with Gasteiger partial charge in [-0.15, -0.1) is 10.2 Å². The Bertz CT molecular complexity index is 717. The Labute approximate surface area is 160 Å². The van der Waals surface area contributed by atoms with Gasteiger partial charge in [0, 0.05) is 11.1 Å². The Kier molecular flexibility index (Phi) is 7.46. The van der Waals surface area contributed by atoms with Crippen LogP contribution in [-0.4, -0.2) is 38.9 Å². The van der Waals surface area contributed by atoms with Gasteiger partial charge in [0.15, 0.2) is 14.5 Å². The molecule has 0 unspecified atom stereocenters. The molecule has 0 fully saturated rings. The van der Waals surface area contributed by atoms with Crippen molar-refractivity contribution in [1.82, 2.24) is 15.5 Å². The molecule has 0 aliphatic heterocycles. The lowest BCUT2D eigenvalue weighted by Gasteiger charge is -2.24. The maximum atomic E-state index is 12.1. The predicted molar refractivity (Wildman–Crippen MR) is 105 cm³/mol. The monoisotopic (exact) mass is 395 g/mol. The van der Waals surface area contributed by atoms with Crippen molar-refractivity contribution in [3.05, 3.63) is 35.9 Å². The molecule has 0 spiro atoms. The molecule has 134 valence electrons. The van der Waals surface area contributed by atoms with Crippen LogP contribution in [0.15, 0.2) is 39.0 Å². The molecule has 5 nitrogen and oxygen atoms in total. The first-order valence-electron chi connectivity index (χ1n) is 7.88. The Hall–Kier alpha value is -1.38. The largest absolute Gasteiger partial charge is 0.351 e. The second-order valence-corrected chi connectivity index (χ2v) is 9.41. The van der Waals surface area contributed by atoms with Gasteiger partial charge >= 0.3 is 0 Å². The fraction of sp³-hybridized carbons (Fsp3) is 0.412. The van der Waals surface area contributed by atoms with Gasteiger partial charge in [0.1, 0.15) is 0 Å². The number of hydrogen-bond acceptors (Lipinski definition) is 7. The van der Waals surface area contributed by atoms with Crippen LogP contribution in [0.1, 0.15) is 37.6 Å². The van der Waals surface area contributed by atoms with Gasteiger partial charge in [0.25, 0.3) is 0 Å². The van der Waals surface area contributed by atoms with Crippen LogP contribution in [0.5, 0.6) is 0 Å². The number of benzene rings is 1. The zero-order valence-corrected chi connectivity index (χ0v) is 16.9. The molecule has 2 rings (SSSR count). The number of nitrogens with zero attached hydrogens (tertiary/aromatic N) is 2. The van der Waals surface area contributed by atoms with Gasteiger partial charge in [0.05, 0.1) is 11.5 Å². The number of ketones is 1. The van der Waals surface area contributed by atoms with Crippen molar-refractivity contribution in [1.29, 1.82) is 0 Å². The molecule has 8 heteroatoms. The van der Waals surface area contributed by atoms with Crippen molar-refractivity contribution in [2.24, 2.45) is 0 Å². The van der Waals surface area contributed by atoms with Gasteiger partial charge in [-0.05, 0) is 20.3 Å². The molecule has 1 N–H and O–H groups in total. The lowest BCUT2D eigenvalue weighted by Crippen LogP contribution is -2.43. The van der Waals surface area contributed by atoms with E-state index < -0.39 is 0 Å². The topological polar surface area (TPSA) is 72.0 Å². The molecule has 0 saturated carbocycles. The second-order valence-electron chi connectivity index (χ2n) is 5.99. The van der Waals surface area contributed by atoms with Crippen LogP contribution in [0.25, 0.3) is 0 Å². The first-order valence-corrected chi connectivity index (χ1v) is 10.7. The number of carbonyl (C=O) groups excluding carboxylic acids is 2. The van der Waals surface area contributed by atoms with Gasteiger partial charge < -0.3 is 5.32 Å². The minimum atomic E-state index is -0.197. The minimum Gasteiger partial charge on any atom is -0.351 e. The van der Waals surface area contributed by atoms with Crippen molar-refractivity contribution in [3.63, 3.8) is 0 Å². The molecule has 0 aliphatic rings. The number of nitrogens with one attached hydrogen (secondary N) is 1. The van der Waals surface area contributed by atoms with E-state index in [1.165, 1.54) is 34.9 Å². The van der Waals surface area contributed by atoms with Crippen molar-refractivity contribution in [3.8, 4) is 0 Å². The van der Waals surface area contributed by atoms with Crippen molar-refractivity contribution in [2.75, 3.05) is 11.5 Å². The Morgan fingerprint density at radius 1 is 1.08 bits per heavy atom. The molecule has 25 heavy (non-hydrogen) atoms. The average Bonchev–Trinajstić information content (AvgIpc) is 3.06. The van der Waals surface area contributed by atoms with Crippen molar-refractivity contribution in [2.45, 2.75) is 41.4 Å². The summed E-state index contributed by atoms with van der Waals surface area (Å²) in [6, 6.07) is 9.20. The molecule has 1 heterocycles. The van der Waals surface area contributed by atoms with E-state index in [1.54, 1.807) is 12.1 Å². The SMILES string of the molecule is CCC(C)(C)NC(=O)CSc1nnc(SCC(=O)c2ccccc2)s1. The Balaban J connectivity index is 1.78. The van der Waals surface area contributed by atoms with Gasteiger partial charge in [-0.2, -0.15) is 0 Å². The standard InChI is InChI=1S/C17H21N3O2S3/c1-4-17(2,3)18-14(22)11-24-16-20-19-15(25-16)23-10-13(21)12-8-6-5-7-9-12/h5-9H,4,10-11H2,1-3H3,(H,18,22). The summed E-state index contributed by atoms with van der Waals surface area (Å²) in [6.45, 7) is 6.04. The Morgan fingerprint density at radius 2 is 1.68 bits per heavy atom. The third kappa shape index (κ3) is 6.80. The summed E-state index contributed by atoms with van der Waals surface area (Å²) in [7, 11) is 0. The van der Waals surface area contributed by atoms with E-state index in [0.717, 1.165) is 15.1 Å². The van der Waals surface area contributed by atoms with E-state index in [-0.39, 0.29) is 17.2 Å². The van der Waals surface area contributed by atoms with E-state index in [2.05, 4.69) is 15.5 Å². The highest BCUT2D eigenvalue weighted by Gasteiger charge is 2.18. The third-order valence-electron chi connectivity index (χ3n) is 3.50. The molecular formula is C17H21N3O2S3. The first-order chi connectivity index (χ1) is 11.9. The lowest BCUT2D eigenvalue weighted by atomic mass is 10.0. The van der Waals surface area contributed by atoms with E-state index in [0.29, 0.717) is 17.1 Å². The number of hydrogen-bond donors (Lipinski definition) is 1. The van der Waals surface area contributed by atoms with Crippen LogP contribution < -0.4 is 5.32 Å². The summed E-state index contributed by atoms with van der Waals surface area (Å²) >= 11 is 4.15. The smallest absolute Gasteiger partial charge is 0.230 e. The van der Waals surface area contributed by atoms with E-state index in [4.69, 9.17) is 0 Å². The molecule has 1 amide bonds. The van der Waals surface area contributed by atoms with Crippen LogP contribution in [-0.2, 0) is 4.79 Å². The number of Topliss-reactive ketones (excluding diaryl/α,β-unsaturated/α-hetero) is 1. The fourth-order valence-electron chi connectivity index (χ4n) is 1.78. The normalized spacial score (nSPS) is 11.3. The van der Waals surface area contributed by atoms with E-state index >= 15 is 0 Å². The second kappa shape index (κ2) is 9.35. The van der Waals surface area contributed by atoms with Gasteiger partial charge in [0.2, 0.25) is 5.91 Å². The number of thioether (sulfide) groups is 2. The molecule has 0 radical (unpaired) electrons. The van der Waals surface area contributed by atoms with Crippen molar-refractivity contribution >= 4 is 46.6 Å². The first kappa shape index (κ1) is 19.9. The predicted octanol–water partition coefficient (Wildman–Crippen LogP) is 3.91. The van der Waals surface area contributed by atoms with Gasteiger partial charge in [-0.1, -0.05) is 72.1 Å². The molecule has 0 atom stereocenters. The van der Waals surface area contributed by atoms with Crippen LogP contribution in [0.2, 0.25) is 0 Å². The molecule has 2 aromatic rings. The van der Waals surface area contributed by atoms with E-state index in [1.807, 2.05) is 39.0 Å². The summed E-state index contributed by atoms with van der Waals surface area (Å²) < 4.78 is 1.47. The summed E-state index contributed by atoms with van der Waals surface area (Å²) in [5.41, 5.74) is 0.502. The van der Waals surface area contributed by atoms with E-state index in [9.17, 15) is 9.59 Å². The maximum absolute atomic E-state index is 12.1. The Morgan fingerprint density at radius 3 is 2.28 bits per heavy atom. The average molecular weight is 396 g/mol.